The minimum atomic E-state index is 0.115. The Bertz CT molecular complexity index is 498. The lowest BCUT2D eigenvalue weighted by molar-refractivity contribution is 0.0553. The molecule has 0 radical (unpaired) electrons. The summed E-state index contributed by atoms with van der Waals surface area (Å²) in [5.74, 6) is 0. The number of aryl methyl sites for hydroxylation is 1. The molecule has 0 spiro atoms. The molecule has 1 aromatic heterocycles. The molecule has 0 amide bonds. The molecule has 3 nitrogen and oxygen atoms in total. The van der Waals surface area contributed by atoms with Gasteiger partial charge in [-0.15, -0.1) is 11.3 Å². The lowest BCUT2D eigenvalue weighted by Gasteiger charge is -2.18. The third-order valence-electron chi connectivity index (χ3n) is 3.24. The maximum Gasteiger partial charge on any atom is 0.0949 e. The summed E-state index contributed by atoms with van der Waals surface area (Å²) in [7, 11) is 0. The quantitative estimate of drug-likeness (QED) is 0.809. The van der Waals surface area contributed by atoms with Crippen molar-refractivity contribution >= 4 is 11.3 Å². The van der Waals surface area contributed by atoms with Gasteiger partial charge in [0.05, 0.1) is 23.9 Å². The molecule has 0 saturated carbocycles. The Labute approximate surface area is 125 Å². The molecule has 0 aliphatic heterocycles. The number of aromatic nitrogens is 1. The Hall–Kier alpha value is -1.23. The van der Waals surface area contributed by atoms with E-state index >= 15 is 0 Å². The van der Waals surface area contributed by atoms with Crippen molar-refractivity contribution in [2.75, 3.05) is 19.7 Å². The maximum absolute atomic E-state index is 6.07. The van der Waals surface area contributed by atoms with Crippen molar-refractivity contribution in [3.05, 3.63) is 52.0 Å². The Kier molecular flexibility index (Phi) is 6.18. The summed E-state index contributed by atoms with van der Waals surface area (Å²) in [5.41, 5.74) is 4.26. The first kappa shape index (κ1) is 15.2. The Balaban J connectivity index is 1.89. The van der Waals surface area contributed by atoms with Crippen molar-refractivity contribution in [1.82, 2.24) is 10.3 Å². The third-order valence-corrected chi connectivity index (χ3v) is 4.24. The number of hydrogen-bond acceptors (Lipinski definition) is 4. The average Bonchev–Trinajstić information content (AvgIpc) is 2.89. The Morgan fingerprint density at radius 1 is 1.30 bits per heavy atom. The van der Waals surface area contributed by atoms with Gasteiger partial charge in [-0.25, -0.2) is 4.98 Å². The minimum Gasteiger partial charge on any atom is -0.372 e. The van der Waals surface area contributed by atoms with Gasteiger partial charge in [0.15, 0.2) is 0 Å². The van der Waals surface area contributed by atoms with Gasteiger partial charge in [-0.3, -0.25) is 0 Å². The highest BCUT2D eigenvalue weighted by Crippen LogP contribution is 2.18. The molecule has 1 atom stereocenters. The highest BCUT2D eigenvalue weighted by Gasteiger charge is 2.11. The summed E-state index contributed by atoms with van der Waals surface area (Å²) in [5, 5.41) is 3.37. The van der Waals surface area contributed by atoms with E-state index in [-0.39, 0.29) is 6.10 Å². The topological polar surface area (TPSA) is 34.1 Å². The molecule has 2 rings (SSSR count). The van der Waals surface area contributed by atoms with Gasteiger partial charge in [-0.05, 0) is 19.0 Å². The highest BCUT2D eigenvalue weighted by atomic mass is 32.1. The van der Waals surface area contributed by atoms with E-state index in [9.17, 15) is 0 Å². The van der Waals surface area contributed by atoms with Gasteiger partial charge in [0.25, 0.3) is 0 Å². The number of benzene rings is 1. The molecule has 1 unspecified atom stereocenters. The molecule has 1 N–H and O–H groups in total. The second-order valence-corrected chi connectivity index (χ2v) is 5.63. The van der Waals surface area contributed by atoms with Crippen LogP contribution in [-0.2, 0) is 11.2 Å². The number of likely N-dealkylation sites (N-methyl/N-ethyl adjacent to an activating group) is 1. The average molecular weight is 290 g/mol. The number of rotatable bonds is 8. The summed E-state index contributed by atoms with van der Waals surface area (Å²) in [6, 6.07) is 10.4. The lowest BCUT2D eigenvalue weighted by Crippen LogP contribution is -2.23. The maximum atomic E-state index is 6.07. The fourth-order valence-electron chi connectivity index (χ4n) is 2.08. The fraction of sp³-hybridized carbons (Fsp3) is 0.438. The molecule has 4 heteroatoms. The van der Waals surface area contributed by atoms with Crippen LogP contribution in [0.4, 0.5) is 0 Å². The molecule has 0 saturated heterocycles. The van der Waals surface area contributed by atoms with Crippen molar-refractivity contribution in [2.45, 2.75) is 26.4 Å². The molecule has 1 aromatic carbocycles. The van der Waals surface area contributed by atoms with Crippen LogP contribution in [0.3, 0.4) is 0 Å². The van der Waals surface area contributed by atoms with Gasteiger partial charge in [0, 0.05) is 17.8 Å². The van der Waals surface area contributed by atoms with Crippen LogP contribution in [0.15, 0.2) is 35.8 Å². The van der Waals surface area contributed by atoms with Crippen LogP contribution in [0.1, 0.15) is 29.2 Å². The van der Waals surface area contributed by atoms with E-state index in [1.807, 2.05) is 11.6 Å². The van der Waals surface area contributed by atoms with Crippen LogP contribution in [0, 0.1) is 6.92 Å². The number of hydrogen-bond donors (Lipinski definition) is 1. The zero-order valence-electron chi connectivity index (χ0n) is 12.1. The van der Waals surface area contributed by atoms with E-state index in [1.54, 1.807) is 11.3 Å². The van der Waals surface area contributed by atoms with Crippen molar-refractivity contribution in [3.63, 3.8) is 0 Å². The number of ether oxygens (including phenoxy) is 1. The van der Waals surface area contributed by atoms with Gasteiger partial charge in [-0.2, -0.15) is 0 Å². The van der Waals surface area contributed by atoms with Crippen LogP contribution < -0.4 is 5.32 Å². The lowest BCUT2D eigenvalue weighted by atomic mass is 10.1. The first-order valence-electron chi connectivity index (χ1n) is 7.07. The molecule has 1 heterocycles. The van der Waals surface area contributed by atoms with Crippen molar-refractivity contribution in [1.29, 1.82) is 0 Å². The summed E-state index contributed by atoms with van der Waals surface area (Å²) < 4.78 is 6.07. The van der Waals surface area contributed by atoms with Crippen molar-refractivity contribution < 1.29 is 4.74 Å². The minimum absolute atomic E-state index is 0.115. The van der Waals surface area contributed by atoms with Gasteiger partial charge in [0.1, 0.15) is 0 Å². The van der Waals surface area contributed by atoms with E-state index in [0.29, 0.717) is 0 Å². The zero-order valence-corrected chi connectivity index (χ0v) is 13.0. The Morgan fingerprint density at radius 2 is 2.10 bits per heavy atom. The molecular weight excluding hydrogens is 268 g/mol. The fourth-order valence-corrected chi connectivity index (χ4v) is 2.84. The van der Waals surface area contributed by atoms with E-state index in [4.69, 9.17) is 4.74 Å². The SMILES string of the molecule is CCNCC(OCCc1scnc1C)c1ccccc1. The molecule has 0 aliphatic carbocycles. The predicted molar refractivity (Wildman–Crippen MR) is 84.2 cm³/mol. The van der Waals surface area contributed by atoms with Gasteiger partial charge in [0.2, 0.25) is 0 Å². The zero-order chi connectivity index (χ0) is 14.2. The largest absolute Gasteiger partial charge is 0.372 e. The first-order chi connectivity index (χ1) is 9.81. The smallest absolute Gasteiger partial charge is 0.0949 e. The van der Waals surface area contributed by atoms with Crippen LogP contribution >= 0.6 is 11.3 Å². The van der Waals surface area contributed by atoms with Gasteiger partial charge in [-0.1, -0.05) is 37.3 Å². The summed E-state index contributed by atoms with van der Waals surface area (Å²) >= 11 is 1.71. The number of thiazole rings is 1. The molecule has 0 aliphatic rings. The first-order valence-corrected chi connectivity index (χ1v) is 7.95. The van der Waals surface area contributed by atoms with E-state index in [0.717, 1.165) is 31.8 Å². The summed E-state index contributed by atoms with van der Waals surface area (Å²) in [6.45, 7) is 6.71. The standard InChI is InChI=1S/C16H22N2OS/c1-3-17-11-15(14-7-5-4-6-8-14)19-10-9-16-13(2)18-12-20-16/h4-8,12,15,17H,3,9-11H2,1-2H3. The monoisotopic (exact) mass is 290 g/mol. The van der Waals surface area contributed by atoms with Crippen LogP contribution in [0.5, 0.6) is 0 Å². The van der Waals surface area contributed by atoms with Crippen LogP contribution in [0.25, 0.3) is 0 Å². The van der Waals surface area contributed by atoms with Crippen LogP contribution in [-0.4, -0.2) is 24.7 Å². The summed E-state index contributed by atoms with van der Waals surface area (Å²) in [6.07, 6.45) is 1.05. The van der Waals surface area contributed by atoms with E-state index < -0.39 is 0 Å². The second kappa shape index (κ2) is 8.15. The number of nitrogens with zero attached hydrogens (tertiary/aromatic N) is 1. The molecular formula is C16H22N2OS. The molecule has 0 bridgehead atoms. The van der Waals surface area contributed by atoms with Gasteiger partial charge < -0.3 is 10.1 Å². The molecule has 0 fully saturated rings. The van der Waals surface area contributed by atoms with Crippen LogP contribution in [0.2, 0.25) is 0 Å². The Morgan fingerprint density at radius 3 is 2.75 bits per heavy atom. The highest BCUT2D eigenvalue weighted by molar-refractivity contribution is 7.09. The van der Waals surface area contributed by atoms with Crippen molar-refractivity contribution in [2.24, 2.45) is 0 Å². The van der Waals surface area contributed by atoms with E-state index in [2.05, 4.69) is 48.4 Å². The molecule has 20 heavy (non-hydrogen) atoms. The van der Waals surface area contributed by atoms with E-state index in [1.165, 1.54) is 10.4 Å². The van der Waals surface area contributed by atoms with Crippen molar-refractivity contribution in [3.8, 4) is 0 Å². The molecule has 2 aromatic rings. The van der Waals surface area contributed by atoms with Gasteiger partial charge >= 0.3 is 0 Å². The third kappa shape index (κ3) is 4.40. The number of nitrogens with one attached hydrogen (secondary N) is 1. The molecule has 108 valence electrons. The predicted octanol–water partition coefficient (Wildman–Crippen LogP) is 3.36. The summed E-state index contributed by atoms with van der Waals surface area (Å²) in [4.78, 5) is 5.59. The second-order valence-electron chi connectivity index (χ2n) is 4.69. The normalized spacial score (nSPS) is 12.5.